The molecular weight excluding hydrogens is 402 g/mol. The van der Waals surface area contributed by atoms with Crippen LogP contribution >= 0.6 is 11.6 Å². The molecule has 0 saturated carbocycles. The van der Waals surface area contributed by atoms with E-state index in [2.05, 4.69) is 26.6 Å². The quantitative estimate of drug-likeness (QED) is 0.587. The first-order chi connectivity index (χ1) is 14.6. The number of anilines is 2. The molecule has 2 aromatic heterocycles. The van der Waals surface area contributed by atoms with Gasteiger partial charge in [0.1, 0.15) is 0 Å². The number of amides is 1. The number of alkyl halides is 1. The molecule has 1 aliphatic rings. The van der Waals surface area contributed by atoms with Crippen molar-refractivity contribution < 1.29 is 9.90 Å². The zero-order valence-electron chi connectivity index (χ0n) is 17.0. The number of aromatic nitrogens is 3. The van der Waals surface area contributed by atoms with E-state index in [0.717, 1.165) is 36.5 Å². The number of hydrogen-bond donors (Lipinski definition) is 1. The standard InChI is InChI=1S/C22H26ClN5O2/c1-26(20(30)7-9-23)18-11-19-21(24-12-18)25-22(27-10-8-17(13-27)15-29)28(19)14-16-5-3-2-4-6-16/h2-6,11-12,17,29H,7-10,13-15H2,1H3/t17-/m0/s1. The van der Waals surface area contributed by atoms with Crippen molar-refractivity contribution in [1.29, 1.82) is 0 Å². The number of benzene rings is 1. The van der Waals surface area contributed by atoms with Gasteiger partial charge in [-0.1, -0.05) is 30.3 Å². The van der Waals surface area contributed by atoms with Crippen molar-refractivity contribution >= 4 is 40.3 Å². The fourth-order valence-electron chi connectivity index (χ4n) is 3.89. The fraction of sp³-hybridized carbons (Fsp3) is 0.409. The van der Waals surface area contributed by atoms with Crippen LogP contribution in [0.5, 0.6) is 0 Å². The van der Waals surface area contributed by atoms with E-state index in [1.165, 1.54) is 0 Å². The van der Waals surface area contributed by atoms with E-state index in [-0.39, 0.29) is 30.7 Å². The maximum atomic E-state index is 12.3. The molecule has 30 heavy (non-hydrogen) atoms. The lowest BCUT2D eigenvalue weighted by molar-refractivity contribution is -0.117. The van der Waals surface area contributed by atoms with Crippen LogP contribution in [0.2, 0.25) is 0 Å². The van der Waals surface area contributed by atoms with E-state index in [9.17, 15) is 9.90 Å². The van der Waals surface area contributed by atoms with Crippen molar-refractivity contribution in [2.45, 2.75) is 19.4 Å². The van der Waals surface area contributed by atoms with Crippen LogP contribution in [0.1, 0.15) is 18.4 Å². The third-order valence-electron chi connectivity index (χ3n) is 5.65. The maximum absolute atomic E-state index is 12.3. The first-order valence-corrected chi connectivity index (χ1v) is 10.7. The van der Waals surface area contributed by atoms with Gasteiger partial charge in [-0.15, -0.1) is 11.6 Å². The SMILES string of the molecule is CN(C(=O)CCCl)c1cnc2nc(N3CC[C@H](CO)C3)n(Cc3ccccc3)c2c1. The Hall–Kier alpha value is -2.64. The van der Waals surface area contributed by atoms with Gasteiger partial charge in [0.15, 0.2) is 5.65 Å². The molecular formula is C22H26ClN5O2. The van der Waals surface area contributed by atoms with Gasteiger partial charge in [0.05, 0.1) is 23.9 Å². The first-order valence-electron chi connectivity index (χ1n) is 10.2. The summed E-state index contributed by atoms with van der Waals surface area (Å²) in [4.78, 5) is 25.5. The molecule has 3 aromatic rings. The topological polar surface area (TPSA) is 74.5 Å². The van der Waals surface area contributed by atoms with Crippen LogP contribution in [-0.4, -0.2) is 58.2 Å². The monoisotopic (exact) mass is 427 g/mol. The van der Waals surface area contributed by atoms with Crippen LogP contribution < -0.4 is 9.80 Å². The molecule has 0 bridgehead atoms. The molecule has 7 nitrogen and oxygen atoms in total. The Morgan fingerprint density at radius 3 is 2.83 bits per heavy atom. The van der Waals surface area contributed by atoms with Crippen LogP contribution in [0.3, 0.4) is 0 Å². The molecule has 1 N–H and O–H groups in total. The number of hydrogen-bond acceptors (Lipinski definition) is 5. The second kappa shape index (κ2) is 9.02. The van der Waals surface area contributed by atoms with Crippen molar-refractivity contribution in [3.05, 3.63) is 48.2 Å². The number of rotatable bonds is 7. The second-order valence-corrected chi connectivity index (χ2v) is 8.07. The Bertz CT molecular complexity index is 1020. The van der Waals surface area contributed by atoms with E-state index in [1.807, 2.05) is 24.3 Å². The van der Waals surface area contributed by atoms with E-state index in [1.54, 1.807) is 18.1 Å². The summed E-state index contributed by atoms with van der Waals surface area (Å²) in [5.74, 6) is 1.35. The predicted octanol–water partition coefficient (Wildman–Crippen LogP) is 2.89. The zero-order chi connectivity index (χ0) is 21.1. The summed E-state index contributed by atoms with van der Waals surface area (Å²) < 4.78 is 2.15. The van der Waals surface area contributed by atoms with Gasteiger partial charge in [-0.25, -0.2) is 4.98 Å². The number of nitrogens with zero attached hydrogens (tertiary/aromatic N) is 5. The van der Waals surface area contributed by atoms with E-state index >= 15 is 0 Å². The van der Waals surface area contributed by atoms with E-state index in [0.29, 0.717) is 17.9 Å². The molecule has 158 valence electrons. The van der Waals surface area contributed by atoms with Crippen molar-refractivity contribution in [3.63, 3.8) is 0 Å². The van der Waals surface area contributed by atoms with Crippen molar-refractivity contribution in [3.8, 4) is 0 Å². The first kappa shape index (κ1) is 20.6. The Morgan fingerprint density at radius 2 is 2.13 bits per heavy atom. The second-order valence-electron chi connectivity index (χ2n) is 7.69. The smallest absolute Gasteiger partial charge is 0.227 e. The fourth-order valence-corrected chi connectivity index (χ4v) is 4.05. The van der Waals surface area contributed by atoms with E-state index in [4.69, 9.17) is 16.6 Å². The highest BCUT2D eigenvalue weighted by atomic mass is 35.5. The van der Waals surface area contributed by atoms with Crippen LogP contribution in [0.15, 0.2) is 42.6 Å². The lowest BCUT2D eigenvalue weighted by Crippen LogP contribution is -2.26. The van der Waals surface area contributed by atoms with Crippen molar-refractivity contribution in [2.75, 3.05) is 42.4 Å². The minimum Gasteiger partial charge on any atom is -0.396 e. The Morgan fingerprint density at radius 1 is 1.33 bits per heavy atom. The molecule has 1 fully saturated rings. The summed E-state index contributed by atoms with van der Waals surface area (Å²) in [7, 11) is 1.74. The summed E-state index contributed by atoms with van der Waals surface area (Å²) in [6, 6.07) is 12.2. The number of pyridine rings is 1. The molecule has 8 heteroatoms. The summed E-state index contributed by atoms with van der Waals surface area (Å²) >= 11 is 5.74. The summed E-state index contributed by atoms with van der Waals surface area (Å²) in [5, 5.41) is 9.56. The number of carbonyl (C=O) groups excluding carboxylic acids is 1. The van der Waals surface area contributed by atoms with Gasteiger partial charge in [0.25, 0.3) is 0 Å². The minimum absolute atomic E-state index is 0.0502. The zero-order valence-corrected chi connectivity index (χ0v) is 17.8. The highest BCUT2D eigenvalue weighted by Gasteiger charge is 2.27. The highest BCUT2D eigenvalue weighted by molar-refractivity contribution is 6.19. The lowest BCUT2D eigenvalue weighted by atomic mass is 10.1. The number of aliphatic hydroxyl groups excluding tert-OH is 1. The summed E-state index contributed by atoms with van der Waals surface area (Å²) in [5.41, 5.74) is 3.40. The minimum atomic E-state index is -0.0502. The molecule has 1 aromatic carbocycles. The molecule has 1 saturated heterocycles. The average molecular weight is 428 g/mol. The molecule has 0 spiro atoms. The van der Waals surface area contributed by atoms with Crippen LogP contribution in [-0.2, 0) is 11.3 Å². The number of aliphatic hydroxyl groups is 1. The van der Waals surface area contributed by atoms with Crippen molar-refractivity contribution in [1.82, 2.24) is 14.5 Å². The van der Waals surface area contributed by atoms with Gasteiger partial charge in [0, 0.05) is 45.0 Å². The van der Waals surface area contributed by atoms with Gasteiger partial charge in [0.2, 0.25) is 11.9 Å². The number of halogens is 1. The van der Waals surface area contributed by atoms with Crippen molar-refractivity contribution in [2.24, 2.45) is 5.92 Å². The van der Waals surface area contributed by atoms with Crippen LogP contribution in [0.4, 0.5) is 11.6 Å². The van der Waals surface area contributed by atoms with Crippen LogP contribution in [0.25, 0.3) is 11.2 Å². The normalized spacial score (nSPS) is 16.4. The molecule has 0 radical (unpaired) electrons. The molecule has 3 heterocycles. The number of imidazole rings is 1. The predicted molar refractivity (Wildman–Crippen MR) is 119 cm³/mol. The van der Waals surface area contributed by atoms with Gasteiger partial charge < -0.3 is 19.5 Å². The number of fused-ring (bicyclic) bond motifs is 1. The third-order valence-corrected chi connectivity index (χ3v) is 5.84. The molecule has 0 unspecified atom stereocenters. The Balaban J connectivity index is 1.76. The average Bonchev–Trinajstić information content (AvgIpc) is 3.38. The Labute approximate surface area is 180 Å². The third kappa shape index (κ3) is 4.13. The molecule has 4 rings (SSSR count). The van der Waals surface area contributed by atoms with Crippen LogP contribution in [0, 0.1) is 5.92 Å². The van der Waals surface area contributed by atoms with Gasteiger partial charge in [-0.05, 0) is 18.1 Å². The largest absolute Gasteiger partial charge is 0.396 e. The van der Waals surface area contributed by atoms with Gasteiger partial charge in [-0.3, -0.25) is 4.79 Å². The molecule has 1 amide bonds. The summed E-state index contributed by atoms with van der Waals surface area (Å²) in [6.07, 6.45) is 2.90. The highest BCUT2D eigenvalue weighted by Crippen LogP contribution is 2.29. The molecule has 0 aliphatic carbocycles. The van der Waals surface area contributed by atoms with Gasteiger partial charge in [-0.2, -0.15) is 4.98 Å². The summed E-state index contributed by atoms with van der Waals surface area (Å²) in [6.45, 7) is 2.46. The molecule has 1 aliphatic heterocycles. The Kier molecular flexibility index (Phi) is 6.20. The maximum Gasteiger partial charge on any atom is 0.227 e. The number of carbonyl (C=O) groups is 1. The van der Waals surface area contributed by atoms with E-state index < -0.39 is 0 Å². The van der Waals surface area contributed by atoms with Gasteiger partial charge >= 0.3 is 0 Å². The molecule has 1 atom stereocenters. The lowest BCUT2D eigenvalue weighted by Gasteiger charge is -2.20.